The molecule has 204 valence electrons. The highest BCUT2D eigenvalue weighted by molar-refractivity contribution is 7.88. The molecule has 1 amide bonds. The van der Waals surface area contributed by atoms with Crippen LogP contribution >= 0.6 is 34.8 Å². The van der Waals surface area contributed by atoms with Gasteiger partial charge in [0.15, 0.2) is 0 Å². The number of halogens is 3. The lowest BCUT2D eigenvalue weighted by molar-refractivity contribution is -0.136. The van der Waals surface area contributed by atoms with Gasteiger partial charge in [0.2, 0.25) is 15.9 Å². The van der Waals surface area contributed by atoms with Gasteiger partial charge in [-0.25, -0.2) is 8.42 Å². The van der Waals surface area contributed by atoms with Gasteiger partial charge in [-0.2, -0.15) is 4.31 Å². The highest BCUT2D eigenvalue weighted by Gasteiger charge is 2.38. The number of amides is 1. The van der Waals surface area contributed by atoms with E-state index >= 15 is 0 Å². The SMILES string of the molecule is CCN(C1CCN(CCC(C)(C(=O)N(C)Cc2ccc(Cl)cc2)c2ccc(Cl)c(Cl)c2)CC1)S(C)(=O)=O. The Morgan fingerprint density at radius 1 is 1.05 bits per heavy atom. The lowest BCUT2D eigenvalue weighted by Gasteiger charge is -2.39. The van der Waals surface area contributed by atoms with Gasteiger partial charge in [0.1, 0.15) is 0 Å². The zero-order valence-electron chi connectivity index (χ0n) is 21.9. The van der Waals surface area contributed by atoms with Crippen molar-refractivity contribution < 1.29 is 13.2 Å². The molecule has 1 saturated heterocycles. The average molecular weight is 589 g/mol. The van der Waals surface area contributed by atoms with Crippen molar-refractivity contribution in [3.8, 4) is 0 Å². The standard InChI is InChI=1S/C27H36Cl3N3O3S/c1-5-33(37(4,35)36)23-12-15-32(16-13-23)17-14-27(2,21-8-11-24(29)25(30)18-21)26(34)31(3)19-20-6-9-22(28)10-7-20/h6-11,18,23H,5,12-17,19H2,1-4H3. The summed E-state index contributed by atoms with van der Waals surface area (Å²) in [5.74, 6) is -0.00930. The lowest BCUT2D eigenvalue weighted by atomic mass is 9.77. The van der Waals surface area contributed by atoms with E-state index in [1.54, 1.807) is 21.3 Å². The number of nitrogens with zero attached hydrogens (tertiary/aromatic N) is 3. The van der Waals surface area contributed by atoms with Crippen LogP contribution in [0.3, 0.4) is 0 Å². The number of benzene rings is 2. The van der Waals surface area contributed by atoms with Crippen LogP contribution in [-0.2, 0) is 26.8 Å². The number of likely N-dealkylation sites (tertiary alicyclic amines) is 1. The number of sulfonamides is 1. The number of piperidine rings is 1. The molecule has 1 unspecified atom stereocenters. The van der Waals surface area contributed by atoms with E-state index in [4.69, 9.17) is 34.8 Å². The summed E-state index contributed by atoms with van der Waals surface area (Å²) in [6.07, 6.45) is 3.41. The van der Waals surface area contributed by atoms with Crippen molar-refractivity contribution >= 4 is 50.7 Å². The van der Waals surface area contributed by atoms with Crippen LogP contribution in [0.2, 0.25) is 15.1 Å². The van der Waals surface area contributed by atoms with Gasteiger partial charge in [-0.3, -0.25) is 4.79 Å². The summed E-state index contributed by atoms with van der Waals surface area (Å²) >= 11 is 18.6. The molecule has 0 spiro atoms. The van der Waals surface area contributed by atoms with Gasteiger partial charge < -0.3 is 9.80 Å². The van der Waals surface area contributed by atoms with E-state index < -0.39 is 15.4 Å². The van der Waals surface area contributed by atoms with Crippen molar-refractivity contribution in [1.29, 1.82) is 0 Å². The predicted molar refractivity (Wildman–Crippen MR) is 153 cm³/mol. The zero-order valence-corrected chi connectivity index (χ0v) is 25.0. The van der Waals surface area contributed by atoms with Crippen LogP contribution in [0.25, 0.3) is 0 Å². The molecule has 2 aromatic carbocycles. The van der Waals surface area contributed by atoms with E-state index in [0.717, 1.165) is 37.1 Å². The first-order chi connectivity index (χ1) is 17.3. The number of carbonyl (C=O) groups excluding carboxylic acids is 1. The molecule has 1 aliphatic rings. The first-order valence-corrected chi connectivity index (χ1v) is 15.5. The van der Waals surface area contributed by atoms with E-state index in [1.165, 1.54) is 6.26 Å². The summed E-state index contributed by atoms with van der Waals surface area (Å²) in [5.41, 5.74) is 0.984. The Morgan fingerprint density at radius 3 is 2.22 bits per heavy atom. The molecule has 2 aromatic rings. The maximum atomic E-state index is 13.9. The first kappa shape index (κ1) is 30.2. The Morgan fingerprint density at radius 2 is 1.68 bits per heavy atom. The second-order valence-electron chi connectivity index (χ2n) is 10.0. The topological polar surface area (TPSA) is 60.9 Å². The molecule has 0 bridgehead atoms. The Kier molecular flexibility index (Phi) is 10.3. The molecule has 1 aliphatic heterocycles. The van der Waals surface area contributed by atoms with Crippen molar-refractivity contribution in [2.45, 2.75) is 51.1 Å². The summed E-state index contributed by atoms with van der Waals surface area (Å²) in [6.45, 7) is 7.04. The maximum absolute atomic E-state index is 13.9. The molecule has 3 rings (SSSR count). The maximum Gasteiger partial charge on any atom is 0.233 e. The highest BCUT2D eigenvalue weighted by Crippen LogP contribution is 2.35. The smallest absolute Gasteiger partial charge is 0.233 e. The van der Waals surface area contributed by atoms with Crippen LogP contribution in [0.15, 0.2) is 42.5 Å². The van der Waals surface area contributed by atoms with Gasteiger partial charge >= 0.3 is 0 Å². The van der Waals surface area contributed by atoms with E-state index in [0.29, 0.717) is 41.1 Å². The van der Waals surface area contributed by atoms with Gasteiger partial charge in [-0.05, 0) is 81.2 Å². The fourth-order valence-corrected chi connectivity index (χ4v) is 6.79. The third-order valence-corrected chi connectivity index (χ3v) is 9.74. The number of hydrogen-bond acceptors (Lipinski definition) is 4. The van der Waals surface area contributed by atoms with Crippen molar-refractivity contribution in [2.75, 3.05) is 39.5 Å². The summed E-state index contributed by atoms with van der Waals surface area (Å²) in [5, 5.41) is 1.52. The molecular weight excluding hydrogens is 553 g/mol. The van der Waals surface area contributed by atoms with Crippen LogP contribution in [-0.4, -0.2) is 74.0 Å². The first-order valence-electron chi connectivity index (χ1n) is 12.5. The molecule has 1 atom stereocenters. The average Bonchev–Trinajstić information content (AvgIpc) is 2.85. The second kappa shape index (κ2) is 12.7. The number of hydrogen-bond donors (Lipinski definition) is 0. The highest BCUT2D eigenvalue weighted by atomic mass is 35.5. The molecule has 37 heavy (non-hydrogen) atoms. The third-order valence-electron chi connectivity index (χ3n) is 7.34. The van der Waals surface area contributed by atoms with Gasteiger partial charge in [0, 0.05) is 31.2 Å². The molecule has 0 aliphatic carbocycles. The van der Waals surface area contributed by atoms with Crippen molar-refractivity contribution in [1.82, 2.24) is 14.1 Å². The minimum atomic E-state index is -3.23. The van der Waals surface area contributed by atoms with Gasteiger partial charge in [0.25, 0.3) is 0 Å². The van der Waals surface area contributed by atoms with Crippen molar-refractivity contribution in [3.63, 3.8) is 0 Å². The van der Waals surface area contributed by atoms with E-state index in [9.17, 15) is 13.2 Å². The zero-order chi connectivity index (χ0) is 27.4. The summed E-state index contributed by atoms with van der Waals surface area (Å²) in [6, 6.07) is 12.9. The van der Waals surface area contributed by atoms with Gasteiger partial charge in [0.05, 0.1) is 21.7 Å². The summed E-state index contributed by atoms with van der Waals surface area (Å²) in [4.78, 5) is 18.0. The monoisotopic (exact) mass is 587 g/mol. The third kappa shape index (κ3) is 7.61. The molecular formula is C27H36Cl3N3O3S. The summed E-state index contributed by atoms with van der Waals surface area (Å²) in [7, 11) is -1.42. The van der Waals surface area contributed by atoms with Crippen LogP contribution in [0.4, 0.5) is 0 Å². The molecule has 0 radical (unpaired) electrons. The Hall–Kier alpha value is -1.35. The van der Waals surface area contributed by atoms with E-state index in [1.807, 2.05) is 51.2 Å². The van der Waals surface area contributed by atoms with Gasteiger partial charge in [-0.15, -0.1) is 0 Å². The van der Waals surface area contributed by atoms with Gasteiger partial charge in [-0.1, -0.05) is 59.9 Å². The van der Waals surface area contributed by atoms with Crippen molar-refractivity contribution in [3.05, 3.63) is 68.7 Å². The fourth-order valence-electron chi connectivity index (χ4n) is 5.15. The summed E-state index contributed by atoms with van der Waals surface area (Å²) < 4.78 is 25.9. The largest absolute Gasteiger partial charge is 0.341 e. The normalized spacial score (nSPS) is 17.1. The van der Waals surface area contributed by atoms with Crippen LogP contribution in [0.5, 0.6) is 0 Å². The number of likely N-dealkylation sites (N-methyl/N-ethyl adjacent to an activating group) is 1. The lowest BCUT2D eigenvalue weighted by Crippen LogP contribution is -2.49. The van der Waals surface area contributed by atoms with E-state index in [-0.39, 0.29) is 11.9 Å². The number of carbonyl (C=O) groups is 1. The Bertz CT molecular complexity index is 1190. The molecule has 1 fully saturated rings. The minimum Gasteiger partial charge on any atom is -0.341 e. The van der Waals surface area contributed by atoms with Crippen LogP contribution < -0.4 is 0 Å². The second-order valence-corrected chi connectivity index (χ2v) is 13.2. The molecule has 0 saturated carbocycles. The van der Waals surface area contributed by atoms with Crippen LogP contribution in [0.1, 0.15) is 44.2 Å². The van der Waals surface area contributed by atoms with E-state index in [2.05, 4.69) is 4.90 Å². The van der Waals surface area contributed by atoms with Crippen LogP contribution in [0, 0.1) is 0 Å². The Labute approximate surface area is 236 Å². The molecule has 0 aromatic heterocycles. The van der Waals surface area contributed by atoms with Crippen molar-refractivity contribution in [2.24, 2.45) is 0 Å². The molecule has 0 N–H and O–H groups in total. The Balaban J connectivity index is 1.75. The molecule has 10 heteroatoms. The fraction of sp³-hybridized carbons (Fsp3) is 0.519. The minimum absolute atomic E-state index is 0.00930. The quantitative estimate of drug-likeness (QED) is 0.357. The molecule has 1 heterocycles. The number of rotatable bonds is 10. The predicted octanol–water partition coefficient (Wildman–Crippen LogP) is 5.70. The molecule has 6 nitrogen and oxygen atoms in total.